The van der Waals surface area contributed by atoms with E-state index in [-0.39, 0.29) is 11.3 Å². The van der Waals surface area contributed by atoms with Crippen LogP contribution in [0.25, 0.3) is 11.5 Å². The van der Waals surface area contributed by atoms with E-state index < -0.39 is 6.61 Å². The van der Waals surface area contributed by atoms with E-state index >= 15 is 0 Å². The fourth-order valence-electron chi connectivity index (χ4n) is 1.42. The maximum absolute atomic E-state index is 12.0. The van der Waals surface area contributed by atoms with Crippen molar-refractivity contribution in [2.45, 2.75) is 32.8 Å². The Bertz CT molecular complexity index is 545. The summed E-state index contributed by atoms with van der Waals surface area (Å²) in [6, 6.07) is 2.92. The molecular formula is C13H14F2N2O2. The molecule has 102 valence electrons. The average Bonchev–Trinajstić information content (AvgIpc) is 2.78. The fourth-order valence-corrected chi connectivity index (χ4v) is 1.42. The van der Waals surface area contributed by atoms with E-state index in [1.165, 1.54) is 12.3 Å². The highest BCUT2D eigenvalue weighted by molar-refractivity contribution is 5.52. The zero-order valence-corrected chi connectivity index (χ0v) is 10.9. The van der Waals surface area contributed by atoms with Crippen LogP contribution in [-0.2, 0) is 5.41 Å². The van der Waals surface area contributed by atoms with E-state index in [1.807, 2.05) is 20.8 Å². The van der Waals surface area contributed by atoms with Crippen molar-refractivity contribution in [3.8, 4) is 17.3 Å². The monoisotopic (exact) mass is 268 g/mol. The van der Waals surface area contributed by atoms with Gasteiger partial charge in [-0.2, -0.15) is 8.78 Å². The Kier molecular flexibility index (Phi) is 3.50. The summed E-state index contributed by atoms with van der Waals surface area (Å²) in [5, 5.41) is 0. The van der Waals surface area contributed by atoms with Crippen LogP contribution >= 0.6 is 0 Å². The zero-order valence-electron chi connectivity index (χ0n) is 10.9. The van der Waals surface area contributed by atoms with Gasteiger partial charge in [-0.1, -0.05) is 20.8 Å². The van der Waals surface area contributed by atoms with Gasteiger partial charge in [0.05, 0.1) is 11.3 Å². The highest BCUT2D eigenvalue weighted by Gasteiger charge is 2.19. The minimum atomic E-state index is -2.88. The Balaban J connectivity index is 2.20. The minimum Gasteiger partial charge on any atom is -0.444 e. The number of rotatable bonds is 3. The van der Waals surface area contributed by atoms with E-state index in [9.17, 15) is 8.78 Å². The summed E-state index contributed by atoms with van der Waals surface area (Å²) in [5.41, 5.74) is 1.31. The summed E-state index contributed by atoms with van der Waals surface area (Å²) < 4.78 is 33.5. The maximum Gasteiger partial charge on any atom is 0.388 e. The standard InChI is InChI=1S/C13H14F2N2O2/c1-13(2,3)9-7-18-11(17-9)8-4-5-10(16-6-8)19-12(14)15/h4-7,12H,1-3H3. The molecule has 0 aliphatic heterocycles. The number of nitrogens with zero attached hydrogens (tertiary/aromatic N) is 2. The van der Waals surface area contributed by atoms with Gasteiger partial charge >= 0.3 is 6.61 Å². The van der Waals surface area contributed by atoms with Crippen LogP contribution in [0.5, 0.6) is 5.88 Å². The van der Waals surface area contributed by atoms with Gasteiger partial charge < -0.3 is 9.15 Å². The molecule has 2 aromatic heterocycles. The van der Waals surface area contributed by atoms with Crippen LogP contribution in [0.2, 0.25) is 0 Å². The maximum atomic E-state index is 12.0. The average molecular weight is 268 g/mol. The number of ether oxygens (including phenoxy) is 1. The van der Waals surface area contributed by atoms with Gasteiger partial charge in [-0.05, 0) is 6.07 Å². The van der Waals surface area contributed by atoms with Crippen molar-refractivity contribution in [1.82, 2.24) is 9.97 Å². The summed E-state index contributed by atoms with van der Waals surface area (Å²) >= 11 is 0. The minimum absolute atomic E-state index is 0.117. The van der Waals surface area contributed by atoms with Crippen molar-refractivity contribution in [3.63, 3.8) is 0 Å². The van der Waals surface area contributed by atoms with Crippen LogP contribution in [0.4, 0.5) is 8.78 Å². The predicted molar refractivity (Wildman–Crippen MR) is 65.1 cm³/mol. The van der Waals surface area contributed by atoms with Gasteiger partial charge in [0.2, 0.25) is 11.8 Å². The lowest BCUT2D eigenvalue weighted by Gasteiger charge is -2.12. The van der Waals surface area contributed by atoms with Crippen LogP contribution in [0.1, 0.15) is 26.5 Å². The third-order valence-electron chi connectivity index (χ3n) is 2.47. The summed E-state index contributed by atoms with van der Waals surface area (Å²) in [6.07, 6.45) is 2.97. The molecular weight excluding hydrogens is 254 g/mol. The van der Waals surface area contributed by atoms with Gasteiger partial charge in [0.1, 0.15) is 6.26 Å². The van der Waals surface area contributed by atoms with Crippen LogP contribution in [0.15, 0.2) is 29.0 Å². The molecule has 0 unspecified atom stereocenters. The number of halogens is 2. The molecule has 0 N–H and O–H groups in total. The number of hydrogen-bond donors (Lipinski definition) is 0. The van der Waals surface area contributed by atoms with E-state index in [0.717, 1.165) is 5.69 Å². The topological polar surface area (TPSA) is 48.2 Å². The van der Waals surface area contributed by atoms with E-state index in [1.54, 1.807) is 12.3 Å². The number of alkyl halides is 2. The number of hydrogen-bond acceptors (Lipinski definition) is 4. The van der Waals surface area contributed by atoms with Crippen molar-refractivity contribution >= 4 is 0 Å². The van der Waals surface area contributed by atoms with E-state index in [0.29, 0.717) is 11.5 Å². The molecule has 0 amide bonds. The molecule has 4 nitrogen and oxygen atoms in total. The van der Waals surface area contributed by atoms with Gasteiger partial charge in [0.25, 0.3) is 0 Å². The number of oxazole rings is 1. The molecule has 0 atom stereocenters. The number of pyridine rings is 1. The third kappa shape index (κ3) is 3.27. The van der Waals surface area contributed by atoms with Gasteiger partial charge in [0, 0.05) is 17.7 Å². The first kappa shape index (κ1) is 13.5. The molecule has 19 heavy (non-hydrogen) atoms. The Labute approximate surface area is 109 Å². The summed E-state index contributed by atoms with van der Waals surface area (Å²) in [4.78, 5) is 8.11. The second kappa shape index (κ2) is 4.95. The fraction of sp³-hybridized carbons (Fsp3) is 0.385. The predicted octanol–water partition coefficient (Wildman–Crippen LogP) is 3.64. The molecule has 0 saturated heterocycles. The van der Waals surface area contributed by atoms with E-state index in [4.69, 9.17) is 4.42 Å². The highest BCUT2D eigenvalue weighted by atomic mass is 19.3. The van der Waals surface area contributed by atoms with Crippen LogP contribution in [0.3, 0.4) is 0 Å². The van der Waals surface area contributed by atoms with Crippen molar-refractivity contribution in [2.24, 2.45) is 0 Å². The quantitative estimate of drug-likeness (QED) is 0.852. The van der Waals surface area contributed by atoms with Crippen LogP contribution in [0, 0.1) is 0 Å². The molecule has 0 bridgehead atoms. The van der Waals surface area contributed by atoms with Crippen LogP contribution < -0.4 is 4.74 Å². The lowest BCUT2D eigenvalue weighted by molar-refractivity contribution is -0.0528. The van der Waals surface area contributed by atoms with Gasteiger partial charge in [-0.15, -0.1) is 0 Å². The SMILES string of the molecule is CC(C)(C)c1coc(-c2ccc(OC(F)F)nc2)n1. The zero-order chi connectivity index (χ0) is 14.0. The second-order valence-electron chi connectivity index (χ2n) is 5.05. The molecule has 6 heteroatoms. The lowest BCUT2D eigenvalue weighted by Crippen LogP contribution is -2.11. The van der Waals surface area contributed by atoms with Crippen molar-refractivity contribution in [1.29, 1.82) is 0 Å². The van der Waals surface area contributed by atoms with Gasteiger partial charge in [0.15, 0.2) is 0 Å². The highest BCUT2D eigenvalue weighted by Crippen LogP contribution is 2.26. The van der Waals surface area contributed by atoms with Crippen LogP contribution in [-0.4, -0.2) is 16.6 Å². The molecule has 0 aliphatic carbocycles. The largest absolute Gasteiger partial charge is 0.444 e. The Morgan fingerprint density at radius 3 is 2.47 bits per heavy atom. The Morgan fingerprint density at radius 1 is 1.26 bits per heavy atom. The van der Waals surface area contributed by atoms with Crippen molar-refractivity contribution in [2.75, 3.05) is 0 Å². The van der Waals surface area contributed by atoms with Gasteiger partial charge in [-0.25, -0.2) is 9.97 Å². The summed E-state index contributed by atoms with van der Waals surface area (Å²) in [6.45, 7) is 3.18. The smallest absolute Gasteiger partial charge is 0.388 e. The Hall–Kier alpha value is -1.98. The molecule has 2 rings (SSSR count). The molecule has 0 aliphatic rings. The first-order valence-corrected chi connectivity index (χ1v) is 5.73. The van der Waals surface area contributed by atoms with E-state index in [2.05, 4.69) is 14.7 Å². The molecule has 0 saturated carbocycles. The second-order valence-corrected chi connectivity index (χ2v) is 5.05. The summed E-state index contributed by atoms with van der Waals surface area (Å²) in [7, 11) is 0. The van der Waals surface area contributed by atoms with Crippen molar-refractivity contribution < 1.29 is 17.9 Å². The normalized spacial score (nSPS) is 11.9. The first-order valence-electron chi connectivity index (χ1n) is 5.73. The number of aromatic nitrogens is 2. The molecule has 0 spiro atoms. The molecule has 2 aromatic rings. The molecule has 0 fully saturated rings. The molecule has 0 radical (unpaired) electrons. The first-order chi connectivity index (χ1) is 8.86. The molecule has 0 aromatic carbocycles. The Morgan fingerprint density at radius 2 is 2.00 bits per heavy atom. The molecule has 2 heterocycles. The van der Waals surface area contributed by atoms with Crippen molar-refractivity contribution in [3.05, 3.63) is 30.3 Å². The lowest BCUT2D eigenvalue weighted by atomic mass is 9.93. The summed E-state index contributed by atoms with van der Waals surface area (Å²) in [5.74, 6) is 0.266. The van der Waals surface area contributed by atoms with Gasteiger partial charge in [-0.3, -0.25) is 0 Å². The third-order valence-corrected chi connectivity index (χ3v) is 2.47.